The highest BCUT2D eigenvalue weighted by Crippen LogP contribution is 2.59. The zero-order valence-corrected chi connectivity index (χ0v) is 28.0. The highest BCUT2D eigenvalue weighted by Gasteiger charge is 2.59. The van der Waals surface area contributed by atoms with Gasteiger partial charge in [-0.3, -0.25) is 19.2 Å². The van der Waals surface area contributed by atoms with Gasteiger partial charge in [-0.1, -0.05) is 11.8 Å². The van der Waals surface area contributed by atoms with Gasteiger partial charge in [-0.15, -0.1) is 0 Å². The number of nitrogens with zero attached hydrogens (tertiary/aromatic N) is 2. The first-order valence-electron chi connectivity index (χ1n) is 16.2. The molecule has 50 heavy (non-hydrogen) atoms. The van der Waals surface area contributed by atoms with Gasteiger partial charge in [0.1, 0.15) is 11.4 Å². The van der Waals surface area contributed by atoms with E-state index >= 15 is 0 Å². The maximum atomic E-state index is 14.2. The van der Waals surface area contributed by atoms with Crippen LogP contribution in [-0.2, 0) is 11.8 Å². The van der Waals surface area contributed by atoms with E-state index in [0.717, 1.165) is 18.2 Å². The number of anilines is 1. The first kappa shape index (κ1) is 30.4. The van der Waals surface area contributed by atoms with Gasteiger partial charge in [0.25, 0.3) is 11.8 Å². The smallest absolute Gasteiger partial charge is 0.274 e. The second-order valence-electron chi connectivity index (χ2n) is 13.2. The summed E-state index contributed by atoms with van der Waals surface area (Å²) >= 11 is 1.06. The maximum absolute atomic E-state index is 14.2. The molecule has 1 saturated carbocycles. The van der Waals surface area contributed by atoms with Gasteiger partial charge in [0.05, 0.1) is 36.8 Å². The van der Waals surface area contributed by atoms with Crippen LogP contribution in [0.2, 0.25) is 0 Å². The Labute approximate surface area is 288 Å². The number of benzene rings is 2. The first-order chi connectivity index (χ1) is 24.1. The van der Waals surface area contributed by atoms with Crippen LogP contribution < -0.4 is 14.4 Å². The summed E-state index contributed by atoms with van der Waals surface area (Å²) in [5.74, 6) is -0.872. The molecule has 254 valence electrons. The number of hydrogen-bond donors (Lipinski definition) is 5. The van der Waals surface area contributed by atoms with E-state index in [1.54, 1.807) is 35.4 Å². The number of likely N-dealkylation sites (tertiary alicyclic amines) is 1. The highest BCUT2D eigenvalue weighted by atomic mass is 32.2. The molecule has 9 rings (SSSR count). The quantitative estimate of drug-likeness (QED) is 0.167. The summed E-state index contributed by atoms with van der Waals surface area (Å²) in [4.78, 5) is 67.0. The normalized spacial score (nSPS) is 20.3. The number of piperidine rings is 1. The second kappa shape index (κ2) is 10.4. The van der Waals surface area contributed by atoms with Gasteiger partial charge in [-0.25, -0.2) is 0 Å². The van der Waals surface area contributed by atoms with E-state index in [2.05, 4.69) is 15.0 Å². The molecule has 2 bridgehead atoms. The molecule has 2 aliphatic carbocycles. The Bertz CT molecular complexity index is 2420. The molecule has 0 radical (unpaired) electrons. The molecule has 5 aromatic rings. The number of nitrogens with one attached hydrogen (secondary N) is 3. The number of ketones is 1. The van der Waals surface area contributed by atoms with Gasteiger partial charge >= 0.3 is 0 Å². The van der Waals surface area contributed by atoms with Gasteiger partial charge in [-0.05, 0) is 67.3 Å². The zero-order chi connectivity index (χ0) is 34.8. The number of ether oxygens (including phenoxy) is 2. The molecule has 14 heteroatoms. The third kappa shape index (κ3) is 3.90. The predicted octanol–water partition coefficient (Wildman–Crippen LogP) is 5.14. The van der Waals surface area contributed by atoms with Crippen LogP contribution in [0.5, 0.6) is 23.0 Å². The molecule has 13 nitrogen and oxygen atoms in total. The van der Waals surface area contributed by atoms with E-state index in [-0.39, 0.29) is 58.1 Å². The van der Waals surface area contributed by atoms with Crippen molar-refractivity contribution in [3.05, 3.63) is 76.0 Å². The van der Waals surface area contributed by atoms with Crippen molar-refractivity contribution in [2.75, 3.05) is 31.9 Å². The third-order valence-electron chi connectivity index (χ3n) is 10.9. The van der Waals surface area contributed by atoms with Crippen molar-refractivity contribution in [1.82, 2.24) is 19.9 Å². The fourth-order valence-corrected chi connectivity index (χ4v) is 9.00. The Balaban J connectivity index is 1.07. The van der Waals surface area contributed by atoms with E-state index in [1.807, 2.05) is 0 Å². The molecular weight excluding hydrogens is 662 g/mol. The summed E-state index contributed by atoms with van der Waals surface area (Å²) in [5.41, 5.74) is 4.02. The number of carbonyl (C=O) groups excluding carboxylic acids is 4. The Morgan fingerprint density at radius 3 is 2.54 bits per heavy atom. The summed E-state index contributed by atoms with van der Waals surface area (Å²) in [6, 6.07) is 8.16. The molecule has 2 amide bonds. The molecule has 2 aromatic carbocycles. The predicted molar refractivity (Wildman–Crippen MR) is 185 cm³/mol. The molecule has 2 atom stereocenters. The van der Waals surface area contributed by atoms with Gasteiger partial charge in [0.15, 0.2) is 23.0 Å². The number of thioether (sulfide) groups is 1. The molecule has 5 N–H and O–H groups in total. The lowest BCUT2D eigenvalue weighted by atomic mass is 9.73. The van der Waals surface area contributed by atoms with Crippen molar-refractivity contribution < 1.29 is 38.9 Å². The first-order valence-corrected chi connectivity index (χ1v) is 17.4. The molecular formula is C36H31N5O8S. The Morgan fingerprint density at radius 2 is 1.78 bits per heavy atom. The largest absolute Gasteiger partial charge is 0.504 e. The van der Waals surface area contributed by atoms with Crippen molar-refractivity contribution in [1.29, 1.82) is 0 Å². The number of phenolic OH excluding ortho intramolecular Hbond substituents is 2. The number of amides is 2. The van der Waals surface area contributed by atoms with Crippen LogP contribution >= 0.6 is 11.8 Å². The minimum absolute atomic E-state index is 0.0376. The number of aromatic amines is 3. The highest BCUT2D eigenvalue weighted by molar-refractivity contribution is 8.13. The van der Waals surface area contributed by atoms with Crippen LogP contribution in [0.3, 0.4) is 0 Å². The van der Waals surface area contributed by atoms with Crippen LogP contribution in [-0.4, -0.2) is 85.8 Å². The van der Waals surface area contributed by atoms with Crippen LogP contribution in [0.1, 0.15) is 72.3 Å². The average Bonchev–Trinajstić information content (AvgIpc) is 3.96. The van der Waals surface area contributed by atoms with Crippen LogP contribution in [0.4, 0.5) is 5.69 Å². The summed E-state index contributed by atoms with van der Waals surface area (Å²) in [6.07, 6.45) is 5.68. The van der Waals surface area contributed by atoms with Crippen LogP contribution in [0, 0.1) is 0 Å². The summed E-state index contributed by atoms with van der Waals surface area (Å²) in [7, 11) is 2.87. The van der Waals surface area contributed by atoms with Crippen LogP contribution in [0.25, 0.3) is 21.8 Å². The SMILES string of the molecule is COc1cc2[nH]c(C(=O)N3C4=CC(=O)c5[nH]c(C(=O)N6CCc7c6c(O)c(OC)c6[nH]c(C(=O)SC)cc76)cc5C45CCC3C5)cc2cc1O. The summed E-state index contributed by atoms with van der Waals surface area (Å²) < 4.78 is 10.8. The van der Waals surface area contributed by atoms with Crippen molar-refractivity contribution in [3.63, 3.8) is 0 Å². The van der Waals surface area contributed by atoms with Crippen LogP contribution in [0.15, 0.2) is 42.1 Å². The Kier molecular flexibility index (Phi) is 6.35. The lowest BCUT2D eigenvalue weighted by Crippen LogP contribution is -2.41. The maximum Gasteiger partial charge on any atom is 0.274 e. The molecule has 1 spiro atoms. The molecule has 5 heterocycles. The lowest BCUT2D eigenvalue weighted by Gasteiger charge is -2.37. The summed E-state index contributed by atoms with van der Waals surface area (Å²) in [6.45, 7) is 0.270. The Hall–Kier alpha value is -5.63. The zero-order valence-electron chi connectivity index (χ0n) is 27.2. The molecule has 3 aromatic heterocycles. The number of H-pyrrole nitrogens is 3. The number of rotatable bonds is 5. The monoisotopic (exact) mass is 693 g/mol. The number of fused-ring (bicyclic) bond motifs is 6. The van der Waals surface area contributed by atoms with Crippen molar-refractivity contribution in [3.8, 4) is 23.0 Å². The number of aromatic hydroxyl groups is 2. The van der Waals surface area contributed by atoms with E-state index in [4.69, 9.17) is 9.47 Å². The number of methoxy groups -OCH3 is 2. The van der Waals surface area contributed by atoms with E-state index in [9.17, 15) is 29.4 Å². The second-order valence-corrected chi connectivity index (χ2v) is 14.0. The van der Waals surface area contributed by atoms with Gasteiger partial charge in [0.2, 0.25) is 10.9 Å². The van der Waals surface area contributed by atoms with E-state index < -0.39 is 11.3 Å². The number of hydrogen-bond acceptors (Lipinski definition) is 9. The standard InChI is InChI=1S/C36H31N5O8S/c1-48-26-12-20-15(9-24(26)42)8-21(37-20)34(46)41-16-4-6-36(14-16)19-11-22(38-29(19)25(43)13-27(36)41)33(45)40-7-5-17-18-10-23(35(47)50-3)39-28(18)32(49-2)31(44)30(17)40/h8-13,16,37-39,42,44H,4-7,14H2,1-3H3. The van der Waals surface area contributed by atoms with E-state index in [1.165, 1.54) is 31.3 Å². The molecule has 2 aliphatic heterocycles. The Morgan fingerprint density at radius 1 is 0.980 bits per heavy atom. The molecule has 4 aliphatic rings. The van der Waals surface area contributed by atoms with Crippen molar-refractivity contribution in [2.45, 2.75) is 37.1 Å². The minimum Gasteiger partial charge on any atom is -0.504 e. The fourth-order valence-electron chi connectivity index (χ4n) is 8.67. The van der Waals surface area contributed by atoms with Gasteiger partial charge in [-0.2, -0.15) is 0 Å². The van der Waals surface area contributed by atoms with Crippen molar-refractivity contribution in [2.24, 2.45) is 0 Å². The summed E-state index contributed by atoms with van der Waals surface area (Å²) in [5, 5.41) is 22.8. The van der Waals surface area contributed by atoms with Crippen molar-refractivity contribution >= 4 is 62.0 Å². The number of phenols is 2. The number of carbonyl (C=O) groups is 4. The number of allylic oxidation sites excluding steroid dienone is 2. The molecule has 2 fully saturated rings. The van der Waals surface area contributed by atoms with E-state index in [0.29, 0.717) is 80.7 Å². The van der Waals surface area contributed by atoms with Gasteiger partial charge < -0.3 is 44.4 Å². The third-order valence-corrected chi connectivity index (χ3v) is 11.4. The topological polar surface area (TPSA) is 181 Å². The van der Waals surface area contributed by atoms with Gasteiger partial charge in [0, 0.05) is 52.1 Å². The average molecular weight is 694 g/mol. The fraction of sp³-hybridized carbons (Fsp3) is 0.278. The minimum atomic E-state index is -0.627. The molecule has 1 saturated heterocycles. The lowest BCUT2D eigenvalue weighted by molar-refractivity contribution is 0.0750. The molecule has 2 unspecified atom stereocenters. The number of aromatic nitrogens is 3.